The van der Waals surface area contributed by atoms with Crippen LogP contribution in [-0.4, -0.2) is 37.5 Å². The number of H-pyrrole nitrogens is 1. The first-order valence-corrected chi connectivity index (χ1v) is 17.3. The number of benzene rings is 2. The number of rotatable bonds is 7. The van der Waals surface area contributed by atoms with Crippen molar-refractivity contribution < 1.29 is 18.0 Å². The molecular formula is C36H27ClF2N6O3S. The fraction of sp³-hybridized carbons (Fsp3) is 0.250. The third-order valence-corrected chi connectivity index (χ3v) is 11.4. The Bertz CT molecular complexity index is 2370. The molecule has 2 aliphatic heterocycles. The van der Waals surface area contributed by atoms with Crippen LogP contribution in [0, 0.1) is 11.6 Å². The normalized spacial score (nSPS) is 17.9. The van der Waals surface area contributed by atoms with Gasteiger partial charge in [-0.1, -0.05) is 29.8 Å². The van der Waals surface area contributed by atoms with E-state index in [1.54, 1.807) is 24.4 Å². The highest BCUT2D eigenvalue weighted by Gasteiger charge is 2.45. The van der Waals surface area contributed by atoms with Gasteiger partial charge in [-0.15, -0.1) is 16.4 Å². The minimum Gasteiger partial charge on any atom is -0.388 e. The lowest BCUT2D eigenvalue weighted by Crippen LogP contribution is -2.22. The number of halogens is 3. The monoisotopic (exact) mass is 696 g/mol. The Hall–Kier alpha value is -4.94. The Morgan fingerprint density at radius 1 is 1.04 bits per heavy atom. The van der Waals surface area contributed by atoms with E-state index in [1.807, 2.05) is 17.0 Å². The van der Waals surface area contributed by atoms with Crippen LogP contribution in [0.2, 0.25) is 5.02 Å². The third kappa shape index (κ3) is 4.95. The first kappa shape index (κ1) is 30.1. The Labute approximate surface area is 287 Å². The molecule has 246 valence electrons. The minimum absolute atomic E-state index is 0.0462. The lowest BCUT2D eigenvalue weighted by molar-refractivity contribution is 0.0776. The number of aromatic amines is 1. The maximum absolute atomic E-state index is 14.2. The zero-order valence-corrected chi connectivity index (χ0v) is 27.4. The van der Waals surface area contributed by atoms with Gasteiger partial charge in [0.05, 0.1) is 44.3 Å². The number of thiophene rings is 1. The lowest BCUT2D eigenvalue weighted by atomic mass is 9.93. The van der Waals surface area contributed by atoms with E-state index < -0.39 is 11.6 Å². The van der Waals surface area contributed by atoms with Gasteiger partial charge >= 0.3 is 5.76 Å². The second kappa shape index (κ2) is 11.6. The van der Waals surface area contributed by atoms with Gasteiger partial charge in [0.25, 0.3) is 11.8 Å². The van der Waals surface area contributed by atoms with Crippen LogP contribution in [0.4, 0.5) is 14.6 Å². The molecule has 0 bridgehead atoms. The van der Waals surface area contributed by atoms with Crippen LogP contribution >= 0.6 is 22.9 Å². The Kier molecular flexibility index (Phi) is 7.13. The zero-order chi connectivity index (χ0) is 33.4. The van der Waals surface area contributed by atoms with E-state index in [-0.39, 0.29) is 34.7 Å². The highest BCUT2D eigenvalue weighted by Crippen LogP contribution is 2.50. The van der Waals surface area contributed by atoms with Gasteiger partial charge in [0.1, 0.15) is 17.5 Å². The van der Waals surface area contributed by atoms with E-state index in [9.17, 15) is 18.4 Å². The Morgan fingerprint density at radius 2 is 1.90 bits per heavy atom. The number of carbonyl (C=O) groups excluding carboxylic acids is 1. The highest BCUT2D eigenvalue weighted by molar-refractivity contribution is 7.23. The van der Waals surface area contributed by atoms with Crippen molar-refractivity contribution in [1.29, 1.82) is 0 Å². The smallest absolute Gasteiger partial charge is 0.388 e. The summed E-state index contributed by atoms with van der Waals surface area (Å²) in [6.45, 7) is 0.637. The average molecular weight is 697 g/mol. The number of hydrogen-bond donors (Lipinski definition) is 2. The van der Waals surface area contributed by atoms with Crippen LogP contribution in [0.15, 0.2) is 63.9 Å². The van der Waals surface area contributed by atoms with E-state index in [0.717, 1.165) is 50.9 Å². The van der Waals surface area contributed by atoms with E-state index in [1.165, 1.54) is 29.5 Å². The molecule has 13 heteroatoms. The van der Waals surface area contributed by atoms with Crippen molar-refractivity contribution in [3.63, 3.8) is 0 Å². The van der Waals surface area contributed by atoms with E-state index in [4.69, 9.17) is 26.0 Å². The molecule has 1 fully saturated rings. The van der Waals surface area contributed by atoms with Crippen LogP contribution in [-0.2, 0) is 19.3 Å². The molecular weight excluding hydrogens is 670 g/mol. The van der Waals surface area contributed by atoms with Crippen LogP contribution in [0.25, 0.3) is 32.0 Å². The largest absolute Gasteiger partial charge is 0.434 e. The van der Waals surface area contributed by atoms with Crippen molar-refractivity contribution in [3.05, 3.63) is 116 Å². The summed E-state index contributed by atoms with van der Waals surface area (Å²) in [6.07, 6.45) is 5.78. The maximum Gasteiger partial charge on any atom is 0.434 e. The molecule has 2 N–H and O–H groups in total. The number of carbonyl (C=O) groups is 1. The number of anilines is 1. The molecule has 9 nitrogen and oxygen atoms in total. The quantitative estimate of drug-likeness (QED) is 0.175. The number of hydrogen-bond acceptors (Lipinski definition) is 8. The van der Waals surface area contributed by atoms with Crippen LogP contribution in [0.5, 0.6) is 0 Å². The van der Waals surface area contributed by atoms with Gasteiger partial charge < -0.3 is 14.6 Å². The summed E-state index contributed by atoms with van der Waals surface area (Å²) in [6, 6.07) is 13.2. The van der Waals surface area contributed by atoms with Gasteiger partial charge in [-0.05, 0) is 90.9 Å². The molecule has 1 unspecified atom stereocenters. The molecule has 6 aromatic rings. The predicted molar refractivity (Wildman–Crippen MR) is 182 cm³/mol. The predicted octanol–water partition coefficient (Wildman–Crippen LogP) is 7.81. The lowest BCUT2D eigenvalue weighted by Gasteiger charge is -2.16. The molecule has 3 aliphatic rings. The summed E-state index contributed by atoms with van der Waals surface area (Å²) in [5, 5.41) is 11.2. The van der Waals surface area contributed by atoms with Gasteiger partial charge in [-0.25, -0.2) is 23.7 Å². The molecule has 2 aromatic carbocycles. The fourth-order valence-corrected chi connectivity index (χ4v) is 9.03. The minimum atomic E-state index is -0.721. The summed E-state index contributed by atoms with van der Waals surface area (Å²) in [5.74, 6) is -0.862. The number of aromatic nitrogens is 4. The summed E-state index contributed by atoms with van der Waals surface area (Å²) in [4.78, 5) is 38.9. The number of pyridine rings is 2. The SMILES string of the molecule is O=C1c2c(nc(CCc3ccc(F)cc3)c(-c3n[nH]c(=O)o3)c2-c2cc3ccnc(N[C@H]4CCc5c4ccc(F)c5Cl)c3s2)C2CCCN12. The van der Waals surface area contributed by atoms with E-state index in [2.05, 4.69) is 15.5 Å². The van der Waals surface area contributed by atoms with Crippen molar-refractivity contribution in [2.24, 2.45) is 0 Å². The maximum atomic E-state index is 14.2. The van der Waals surface area contributed by atoms with Crippen LogP contribution < -0.4 is 11.1 Å². The second-order valence-corrected chi connectivity index (χ2v) is 14.1. The summed E-state index contributed by atoms with van der Waals surface area (Å²) in [7, 11) is 0. The zero-order valence-electron chi connectivity index (χ0n) is 25.9. The molecule has 49 heavy (non-hydrogen) atoms. The topological polar surface area (TPSA) is 117 Å². The fourth-order valence-electron chi connectivity index (χ4n) is 7.60. The van der Waals surface area contributed by atoms with Gasteiger partial charge in [-0.2, -0.15) is 0 Å². The first-order valence-electron chi connectivity index (χ1n) is 16.1. The van der Waals surface area contributed by atoms with Gasteiger partial charge in [0, 0.05) is 23.2 Å². The molecule has 2 atom stereocenters. The van der Waals surface area contributed by atoms with Crippen molar-refractivity contribution >= 4 is 44.7 Å². The van der Waals surface area contributed by atoms with Gasteiger partial charge in [0.15, 0.2) is 0 Å². The third-order valence-electron chi connectivity index (χ3n) is 9.84. The molecule has 1 aliphatic carbocycles. The molecule has 6 heterocycles. The summed E-state index contributed by atoms with van der Waals surface area (Å²) in [5.41, 5.74) is 5.61. The van der Waals surface area contributed by atoms with Crippen molar-refractivity contribution in [2.75, 3.05) is 11.9 Å². The van der Waals surface area contributed by atoms with Crippen molar-refractivity contribution in [1.82, 2.24) is 25.1 Å². The average Bonchev–Trinajstić information content (AvgIpc) is 3.94. The molecule has 4 aromatic heterocycles. The molecule has 0 saturated carbocycles. The standard InChI is InChI=1S/C36H27ClF2N6O3S/c37-30-21-9-12-23(20(21)8-10-22(30)39)42-33-32-18(13-14-40-33)16-26(49-32)28-27(34-43-44-36(47)48-34)24(11-5-17-3-6-19(38)7-4-17)41-31-25-2-1-15-45(25)35(46)29(28)31/h3-4,6-8,10,13-14,16,23,25H,1-2,5,9,11-12,15H2,(H,40,42)(H,44,47)/t23-,25?/m0/s1. The van der Waals surface area contributed by atoms with Crippen molar-refractivity contribution in [3.8, 4) is 21.9 Å². The molecule has 0 radical (unpaired) electrons. The highest BCUT2D eigenvalue weighted by atomic mass is 35.5. The van der Waals surface area contributed by atoms with E-state index >= 15 is 0 Å². The number of nitrogens with one attached hydrogen (secondary N) is 2. The van der Waals surface area contributed by atoms with Crippen molar-refractivity contribution in [2.45, 2.75) is 50.6 Å². The van der Waals surface area contributed by atoms with Gasteiger partial charge in [0.2, 0.25) is 0 Å². The number of fused-ring (bicyclic) bond motifs is 5. The number of nitrogens with zero attached hydrogens (tertiary/aromatic N) is 4. The van der Waals surface area contributed by atoms with Crippen LogP contribution in [0.3, 0.4) is 0 Å². The van der Waals surface area contributed by atoms with Gasteiger partial charge in [-0.3, -0.25) is 9.78 Å². The van der Waals surface area contributed by atoms with Crippen LogP contribution in [0.1, 0.15) is 69.8 Å². The molecule has 1 amide bonds. The molecule has 9 rings (SSSR count). The summed E-state index contributed by atoms with van der Waals surface area (Å²) < 4.78 is 34.3. The number of amides is 1. The first-order chi connectivity index (χ1) is 23.8. The second-order valence-electron chi connectivity index (χ2n) is 12.6. The molecule has 0 spiro atoms. The molecule has 1 saturated heterocycles. The Balaban J connectivity index is 1.21. The number of aryl methyl sites for hydroxylation is 2. The summed E-state index contributed by atoms with van der Waals surface area (Å²) >= 11 is 7.78. The Morgan fingerprint density at radius 3 is 2.71 bits per heavy atom. The van der Waals surface area contributed by atoms with E-state index in [0.29, 0.717) is 59.7 Å².